The molecule has 3 rings (SSSR count). The Hall–Kier alpha value is -3.50. The van der Waals surface area contributed by atoms with Crippen molar-refractivity contribution in [1.29, 1.82) is 0 Å². The number of alkyl halides is 7. The molecule has 9 nitrogen and oxygen atoms in total. The van der Waals surface area contributed by atoms with Crippen molar-refractivity contribution in [2.75, 3.05) is 13.2 Å². The highest BCUT2D eigenvalue weighted by molar-refractivity contribution is 9.10. The van der Waals surface area contributed by atoms with Gasteiger partial charge in [0.05, 0.1) is 24.0 Å². The molecule has 0 spiro atoms. The minimum absolute atomic E-state index is 0.0412. The van der Waals surface area contributed by atoms with Gasteiger partial charge in [-0.2, -0.15) is 17.9 Å². The fourth-order valence-electron chi connectivity index (χ4n) is 2.86. The number of aromatic nitrogens is 5. The van der Waals surface area contributed by atoms with Crippen LogP contribution in [0.5, 0.6) is 11.5 Å². The van der Waals surface area contributed by atoms with Crippen LogP contribution in [0.2, 0.25) is 0 Å². The number of carbonyl (C=O) groups is 1. The molecule has 1 amide bonds. The van der Waals surface area contributed by atoms with Gasteiger partial charge >= 0.3 is 6.18 Å². The van der Waals surface area contributed by atoms with Crippen LogP contribution in [-0.2, 0) is 6.18 Å². The zero-order valence-electron chi connectivity index (χ0n) is 18.5. The van der Waals surface area contributed by atoms with Gasteiger partial charge in [-0.3, -0.25) is 4.79 Å². The number of hydrogen-bond acceptors (Lipinski definition) is 7. The Morgan fingerprint density at radius 3 is 2.19 bits per heavy atom. The Morgan fingerprint density at radius 2 is 1.62 bits per heavy atom. The molecule has 0 saturated heterocycles. The molecule has 0 saturated carbocycles. The standard InChI is InChI=1S/C20H16BrF7N6O3/c1-9(16-32-18(21)33-34(16)19-29-5-13(6-30-19)37-8-15(24)25)31-17(35)10-2-11(20(26,27)28)4-12(3-10)36-7-14(22)23/h2-6,9,14-15H,7-8H2,1H3,(H,31,35). The lowest BCUT2D eigenvalue weighted by Crippen LogP contribution is -2.29. The third-order valence-electron chi connectivity index (χ3n) is 4.39. The third-order valence-corrected chi connectivity index (χ3v) is 4.73. The summed E-state index contributed by atoms with van der Waals surface area (Å²) in [6, 6.07) is 0.952. The summed E-state index contributed by atoms with van der Waals surface area (Å²) in [5.41, 5.74) is -1.78. The van der Waals surface area contributed by atoms with Gasteiger partial charge in [0, 0.05) is 5.56 Å². The highest BCUT2D eigenvalue weighted by Crippen LogP contribution is 2.33. The molecule has 3 aromatic rings. The molecule has 2 heterocycles. The average Bonchev–Trinajstić information content (AvgIpc) is 3.22. The molecule has 0 aliphatic heterocycles. The maximum Gasteiger partial charge on any atom is 0.416 e. The van der Waals surface area contributed by atoms with Crippen LogP contribution in [0.3, 0.4) is 0 Å². The lowest BCUT2D eigenvalue weighted by atomic mass is 10.1. The first-order chi connectivity index (χ1) is 17.3. The molecule has 0 fully saturated rings. The molecular weight excluding hydrogens is 585 g/mol. The van der Waals surface area contributed by atoms with Crippen molar-refractivity contribution in [1.82, 2.24) is 30.0 Å². The number of amides is 1. The third kappa shape index (κ3) is 7.74. The molecule has 37 heavy (non-hydrogen) atoms. The van der Waals surface area contributed by atoms with Gasteiger partial charge in [0.1, 0.15) is 19.0 Å². The smallest absolute Gasteiger partial charge is 0.416 e. The van der Waals surface area contributed by atoms with Crippen molar-refractivity contribution in [3.05, 3.63) is 52.3 Å². The van der Waals surface area contributed by atoms with Crippen LogP contribution >= 0.6 is 15.9 Å². The first-order valence-corrected chi connectivity index (χ1v) is 10.9. The van der Waals surface area contributed by atoms with E-state index in [2.05, 4.69) is 46.0 Å². The number of halogens is 8. The van der Waals surface area contributed by atoms with E-state index in [1.165, 1.54) is 6.92 Å². The van der Waals surface area contributed by atoms with E-state index in [0.717, 1.165) is 23.1 Å². The maximum atomic E-state index is 13.3. The van der Waals surface area contributed by atoms with E-state index >= 15 is 0 Å². The van der Waals surface area contributed by atoms with Crippen molar-refractivity contribution in [3.63, 3.8) is 0 Å². The number of carbonyl (C=O) groups excluding carboxylic acids is 1. The molecule has 0 aliphatic rings. The van der Waals surface area contributed by atoms with Gasteiger partial charge in [0.25, 0.3) is 24.7 Å². The summed E-state index contributed by atoms with van der Waals surface area (Å²) in [6.45, 7) is -0.592. The summed E-state index contributed by atoms with van der Waals surface area (Å²) in [5.74, 6) is -1.65. The molecular formula is C20H16BrF7N6O3. The quantitative estimate of drug-likeness (QED) is 0.339. The van der Waals surface area contributed by atoms with E-state index in [-0.39, 0.29) is 22.3 Å². The SMILES string of the molecule is CC(NC(=O)c1cc(OCC(F)F)cc(C(F)(F)F)c1)c1nc(Br)nn1-c1ncc(OCC(F)F)cn1. The lowest BCUT2D eigenvalue weighted by molar-refractivity contribution is -0.137. The molecule has 17 heteroatoms. The van der Waals surface area contributed by atoms with Gasteiger partial charge < -0.3 is 14.8 Å². The zero-order chi connectivity index (χ0) is 27.3. The molecule has 1 unspecified atom stereocenters. The summed E-state index contributed by atoms with van der Waals surface area (Å²) >= 11 is 3.06. The Balaban J connectivity index is 1.83. The zero-order valence-corrected chi connectivity index (χ0v) is 20.1. The second-order valence-electron chi connectivity index (χ2n) is 7.21. The number of rotatable bonds is 10. The summed E-state index contributed by atoms with van der Waals surface area (Å²) in [6.07, 6.45) is -8.30. The number of nitrogens with one attached hydrogen (secondary N) is 1. The molecule has 2 aromatic heterocycles. The van der Waals surface area contributed by atoms with Crippen LogP contribution in [-0.4, -0.2) is 56.7 Å². The van der Waals surface area contributed by atoms with Crippen molar-refractivity contribution < 1.29 is 45.0 Å². The van der Waals surface area contributed by atoms with E-state index in [9.17, 15) is 35.5 Å². The Bertz CT molecular complexity index is 1220. The Kier molecular flexibility index (Phi) is 8.88. The van der Waals surface area contributed by atoms with Crippen molar-refractivity contribution in [2.45, 2.75) is 32.0 Å². The first-order valence-electron chi connectivity index (χ1n) is 10.1. The highest BCUT2D eigenvalue weighted by atomic mass is 79.9. The average molecular weight is 601 g/mol. The Morgan fingerprint density at radius 1 is 1.03 bits per heavy atom. The van der Waals surface area contributed by atoms with Crippen molar-refractivity contribution in [3.8, 4) is 17.4 Å². The minimum Gasteiger partial charge on any atom is -0.488 e. The first kappa shape index (κ1) is 28.1. The second kappa shape index (κ2) is 11.7. The number of nitrogens with zero attached hydrogens (tertiary/aromatic N) is 5. The van der Waals surface area contributed by atoms with E-state index in [1.54, 1.807) is 0 Å². The molecule has 200 valence electrons. The van der Waals surface area contributed by atoms with Crippen LogP contribution in [0.25, 0.3) is 5.95 Å². The highest BCUT2D eigenvalue weighted by Gasteiger charge is 2.32. The van der Waals surface area contributed by atoms with Crippen LogP contribution < -0.4 is 14.8 Å². The number of benzene rings is 1. The van der Waals surface area contributed by atoms with E-state index in [1.807, 2.05) is 0 Å². The molecule has 1 atom stereocenters. The predicted octanol–water partition coefficient (Wildman–Crippen LogP) is 4.62. The van der Waals surface area contributed by atoms with Gasteiger partial charge in [-0.15, -0.1) is 5.10 Å². The van der Waals surface area contributed by atoms with E-state index < -0.39 is 61.1 Å². The topological polar surface area (TPSA) is 104 Å². The van der Waals surface area contributed by atoms with Gasteiger partial charge in [-0.05, 0) is 41.1 Å². The fourth-order valence-corrected chi connectivity index (χ4v) is 3.20. The van der Waals surface area contributed by atoms with Crippen LogP contribution in [0, 0.1) is 0 Å². The fraction of sp³-hybridized carbons (Fsp3) is 0.350. The Labute approximate surface area is 212 Å². The van der Waals surface area contributed by atoms with E-state index in [0.29, 0.717) is 12.1 Å². The monoisotopic (exact) mass is 600 g/mol. The summed E-state index contributed by atoms with van der Waals surface area (Å²) in [7, 11) is 0. The maximum absolute atomic E-state index is 13.3. The largest absolute Gasteiger partial charge is 0.488 e. The molecule has 0 bridgehead atoms. The van der Waals surface area contributed by atoms with Crippen molar-refractivity contribution in [2.24, 2.45) is 0 Å². The minimum atomic E-state index is -4.88. The molecule has 1 N–H and O–H groups in total. The van der Waals surface area contributed by atoms with Crippen LogP contribution in [0.15, 0.2) is 35.3 Å². The summed E-state index contributed by atoms with van der Waals surface area (Å²) in [5, 5.41) is 6.47. The number of hydrogen-bond donors (Lipinski definition) is 1. The van der Waals surface area contributed by atoms with E-state index in [4.69, 9.17) is 4.74 Å². The number of ether oxygens (including phenoxy) is 2. The summed E-state index contributed by atoms with van der Waals surface area (Å²) < 4.78 is 99.9. The van der Waals surface area contributed by atoms with Gasteiger partial charge in [-0.25, -0.2) is 32.5 Å². The lowest BCUT2D eigenvalue weighted by Gasteiger charge is -2.16. The molecule has 0 aliphatic carbocycles. The predicted molar refractivity (Wildman–Crippen MR) is 115 cm³/mol. The van der Waals surface area contributed by atoms with Crippen LogP contribution in [0.1, 0.15) is 34.7 Å². The van der Waals surface area contributed by atoms with Crippen molar-refractivity contribution >= 4 is 21.8 Å². The molecule has 0 radical (unpaired) electrons. The second-order valence-corrected chi connectivity index (χ2v) is 7.92. The van der Waals surface area contributed by atoms with Crippen LogP contribution in [0.4, 0.5) is 30.7 Å². The van der Waals surface area contributed by atoms with Gasteiger partial charge in [-0.1, -0.05) is 0 Å². The van der Waals surface area contributed by atoms with Gasteiger partial charge in [0.15, 0.2) is 11.6 Å². The normalized spacial score (nSPS) is 12.6. The van der Waals surface area contributed by atoms with Gasteiger partial charge in [0.2, 0.25) is 4.73 Å². The molecule has 1 aromatic carbocycles. The summed E-state index contributed by atoms with van der Waals surface area (Å²) in [4.78, 5) is 24.8.